The van der Waals surface area contributed by atoms with E-state index in [1.807, 2.05) is 10.9 Å². The van der Waals surface area contributed by atoms with Crippen molar-refractivity contribution in [2.45, 2.75) is 72.0 Å². The zero-order chi connectivity index (χ0) is 15.3. The maximum atomic E-state index is 8.84. The molecule has 1 saturated carbocycles. The molecule has 0 spiro atoms. The highest BCUT2D eigenvalue weighted by atomic mass is 16.3. The first kappa shape index (κ1) is 16.4. The molecule has 2 atom stereocenters. The van der Waals surface area contributed by atoms with Crippen LogP contribution in [0.15, 0.2) is 6.20 Å². The minimum atomic E-state index is 0.197. The van der Waals surface area contributed by atoms with E-state index in [0.717, 1.165) is 31.1 Å². The molecule has 1 fully saturated rings. The van der Waals surface area contributed by atoms with Gasteiger partial charge in [0.2, 0.25) is 0 Å². The summed E-state index contributed by atoms with van der Waals surface area (Å²) in [6.45, 7) is 8.77. The fraction of sp³-hybridized carbons (Fsp3) is 0.875. The third kappa shape index (κ3) is 4.78. The second kappa shape index (κ2) is 7.36. The van der Waals surface area contributed by atoms with E-state index in [1.54, 1.807) is 0 Å². The first-order chi connectivity index (χ1) is 10.0. The first-order valence-electron chi connectivity index (χ1n) is 8.24. The van der Waals surface area contributed by atoms with Crippen LogP contribution in [-0.2, 0) is 13.1 Å². The van der Waals surface area contributed by atoms with Crippen LogP contribution in [0.25, 0.3) is 0 Å². The first-order valence-corrected chi connectivity index (χ1v) is 8.24. The minimum absolute atomic E-state index is 0.197. The highest BCUT2D eigenvalue weighted by Gasteiger charge is 2.33. The number of aliphatic hydroxyl groups excluding tert-OH is 1. The van der Waals surface area contributed by atoms with Gasteiger partial charge in [-0.15, -0.1) is 5.10 Å². The van der Waals surface area contributed by atoms with E-state index in [9.17, 15) is 0 Å². The van der Waals surface area contributed by atoms with Crippen LogP contribution in [0.1, 0.15) is 58.6 Å². The average molecular weight is 294 g/mol. The van der Waals surface area contributed by atoms with Crippen molar-refractivity contribution >= 4 is 0 Å². The second-order valence-electron chi connectivity index (χ2n) is 7.29. The molecule has 5 nitrogen and oxygen atoms in total. The molecule has 1 aliphatic rings. The van der Waals surface area contributed by atoms with Gasteiger partial charge in [0, 0.05) is 31.9 Å². The van der Waals surface area contributed by atoms with Gasteiger partial charge >= 0.3 is 0 Å². The third-order valence-corrected chi connectivity index (χ3v) is 4.56. The third-order valence-electron chi connectivity index (χ3n) is 4.56. The van der Waals surface area contributed by atoms with E-state index in [1.165, 1.54) is 25.7 Å². The molecule has 21 heavy (non-hydrogen) atoms. The van der Waals surface area contributed by atoms with Gasteiger partial charge in [0.15, 0.2) is 0 Å². The van der Waals surface area contributed by atoms with Gasteiger partial charge in [0.1, 0.15) is 0 Å². The molecule has 2 rings (SSSR count). The van der Waals surface area contributed by atoms with Crippen molar-refractivity contribution in [3.63, 3.8) is 0 Å². The van der Waals surface area contributed by atoms with Crippen LogP contribution in [0.4, 0.5) is 0 Å². The molecule has 1 aromatic rings. The van der Waals surface area contributed by atoms with Gasteiger partial charge in [-0.1, -0.05) is 38.8 Å². The van der Waals surface area contributed by atoms with Crippen molar-refractivity contribution in [2.24, 2.45) is 11.3 Å². The number of hydrogen-bond acceptors (Lipinski definition) is 4. The number of rotatable bonds is 6. The molecular formula is C16H30N4O. The average Bonchev–Trinajstić information content (AvgIpc) is 2.90. The topological polar surface area (TPSA) is 63.0 Å². The zero-order valence-electron chi connectivity index (χ0n) is 13.7. The van der Waals surface area contributed by atoms with Crippen LogP contribution in [0, 0.1) is 11.3 Å². The van der Waals surface area contributed by atoms with E-state index in [-0.39, 0.29) is 6.61 Å². The fourth-order valence-corrected chi connectivity index (χ4v) is 3.41. The van der Waals surface area contributed by atoms with Crippen LogP contribution in [0.5, 0.6) is 0 Å². The Morgan fingerprint density at radius 3 is 2.81 bits per heavy atom. The van der Waals surface area contributed by atoms with Gasteiger partial charge in [-0.3, -0.25) is 4.68 Å². The normalized spacial score (nSPS) is 23.4. The SMILES string of the molecule is CC(C)(C)C1CCCCC1NCc1cn(CCCO)nn1. The molecule has 2 unspecified atom stereocenters. The Labute approximate surface area is 128 Å². The predicted octanol–water partition coefficient (Wildman–Crippen LogP) is 2.36. The Balaban J connectivity index is 1.87. The number of aliphatic hydroxyl groups is 1. The van der Waals surface area contributed by atoms with E-state index in [0.29, 0.717) is 11.5 Å². The Morgan fingerprint density at radius 2 is 2.10 bits per heavy atom. The largest absolute Gasteiger partial charge is 0.396 e. The van der Waals surface area contributed by atoms with Crippen molar-refractivity contribution in [1.29, 1.82) is 0 Å². The quantitative estimate of drug-likeness (QED) is 0.845. The number of nitrogens with one attached hydrogen (secondary N) is 1. The van der Waals surface area contributed by atoms with Crippen molar-refractivity contribution in [3.05, 3.63) is 11.9 Å². The summed E-state index contributed by atoms with van der Waals surface area (Å²) in [5.74, 6) is 0.732. The lowest BCUT2D eigenvalue weighted by molar-refractivity contribution is 0.130. The van der Waals surface area contributed by atoms with Gasteiger partial charge < -0.3 is 10.4 Å². The van der Waals surface area contributed by atoms with Crippen molar-refractivity contribution in [2.75, 3.05) is 6.61 Å². The van der Waals surface area contributed by atoms with Crippen LogP contribution in [-0.4, -0.2) is 32.7 Å². The Bertz CT molecular complexity index is 424. The molecule has 0 saturated heterocycles. The van der Waals surface area contributed by atoms with Gasteiger partial charge in [-0.05, 0) is 30.6 Å². The van der Waals surface area contributed by atoms with Gasteiger partial charge in [-0.2, -0.15) is 0 Å². The molecule has 1 heterocycles. The molecule has 2 N–H and O–H groups in total. The monoisotopic (exact) mass is 294 g/mol. The predicted molar refractivity (Wildman–Crippen MR) is 83.8 cm³/mol. The van der Waals surface area contributed by atoms with Crippen LogP contribution >= 0.6 is 0 Å². The number of hydrogen-bond donors (Lipinski definition) is 2. The summed E-state index contributed by atoms with van der Waals surface area (Å²) in [5, 5.41) is 20.8. The van der Waals surface area contributed by atoms with Crippen LogP contribution in [0.3, 0.4) is 0 Å². The van der Waals surface area contributed by atoms with Crippen molar-refractivity contribution < 1.29 is 5.11 Å². The van der Waals surface area contributed by atoms with Gasteiger partial charge in [-0.25, -0.2) is 0 Å². The minimum Gasteiger partial charge on any atom is -0.396 e. The summed E-state index contributed by atoms with van der Waals surface area (Å²) >= 11 is 0. The van der Waals surface area contributed by atoms with E-state index < -0.39 is 0 Å². The summed E-state index contributed by atoms with van der Waals surface area (Å²) in [6, 6.07) is 0.585. The van der Waals surface area contributed by atoms with Crippen LogP contribution in [0.2, 0.25) is 0 Å². The summed E-state index contributed by atoms with van der Waals surface area (Å²) in [6.07, 6.45) is 7.98. The molecule has 0 bridgehead atoms. The molecule has 0 radical (unpaired) electrons. The van der Waals surface area contributed by atoms with Gasteiger partial charge in [0.05, 0.1) is 5.69 Å². The maximum absolute atomic E-state index is 8.84. The summed E-state index contributed by atoms with van der Waals surface area (Å²) in [7, 11) is 0. The second-order valence-corrected chi connectivity index (χ2v) is 7.29. The zero-order valence-corrected chi connectivity index (χ0v) is 13.7. The smallest absolute Gasteiger partial charge is 0.0964 e. The van der Waals surface area contributed by atoms with Crippen LogP contribution < -0.4 is 5.32 Å². The molecule has 0 aliphatic heterocycles. The Kier molecular flexibility index (Phi) is 5.76. The Morgan fingerprint density at radius 1 is 1.33 bits per heavy atom. The lowest BCUT2D eigenvalue weighted by Crippen LogP contribution is -2.43. The van der Waals surface area contributed by atoms with Crippen molar-refractivity contribution in [3.8, 4) is 0 Å². The number of aromatic nitrogens is 3. The Hall–Kier alpha value is -0.940. The highest BCUT2D eigenvalue weighted by Crippen LogP contribution is 2.38. The summed E-state index contributed by atoms with van der Waals surface area (Å²) < 4.78 is 1.81. The maximum Gasteiger partial charge on any atom is 0.0964 e. The molecule has 0 aromatic carbocycles. The number of aryl methyl sites for hydroxylation is 1. The van der Waals surface area contributed by atoms with Crippen molar-refractivity contribution in [1.82, 2.24) is 20.3 Å². The fourth-order valence-electron chi connectivity index (χ4n) is 3.41. The summed E-state index contributed by atoms with van der Waals surface area (Å²) in [5.41, 5.74) is 1.35. The molecular weight excluding hydrogens is 264 g/mol. The lowest BCUT2D eigenvalue weighted by atomic mass is 9.69. The molecule has 120 valence electrons. The molecule has 0 amide bonds. The summed E-state index contributed by atoms with van der Waals surface area (Å²) in [4.78, 5) is 0. The van der Waals surface area contributed by atoms with Gasteiger partial charge in [0.25, 0.3) is 0 Å². The van der Waals surface area contributed by atoms with E-state index in [4.69, 9.17) is 5.11 Å². The highest BCUT2D eigenvalue weighted by molar-refractivity contribution is 4.95. The lowest BCUT2D eigenvalue weighted by Gasteiger charge is -2.41. The number of nitrogens with zero attached hydrogens (tertiary/aromatic N) is 3. The molecule has 1 aromatic heterocycles. The molecule has 1 aliphatic carbocycles. The van der Waals surface area contributed by atoms with E-state index in [2.05, 4.69) is 36.4 Å². The standard InChI is InChI=1S/C16H30N4O/c1-16(2,3)14-7-4-5-8-15(14)17-11-13-12-20(19-18-13)9-6-10-21/h12,14-15,17,21H,4-11H2,1-3H3. The van der Waals surface area contributed by atoms with E-state index >= 15 is 0 Å². The molecule has 5 heteroatoms.